The van der Waals surface area contributed by atoms with Crippen LogP contribution in [-0.4, -0.2) is 133 Å². The third kappa shape index (κ3) is 11.3. The molecule has 66 heavy (non-hydrogen) atoms. The van der Waals surface area contributed by atoms with Gasteiger partial charge in [0.2, 0.25) is 11.9 Å². The highest BCUT2D eigenvalue weighted by atomic mass is 16.5. The highest BCUT2D eigenvalue weighted by Crippen LogP contribution is 2.28. The maximum atomic E-state index is 12.9. The summed E-state index contributed by atoms with van der Waals surface area (Å²) in [7, 11) is 0. The minimum atomic E-state index is -0.00978. The molecule has 0 bridgehead atoms. The second-order valence-electron chi connectivity index (χ2n) is 18.0. The molecule has 17 heteroatoms. The van der Waals surface area contributed by atoms with Crippen LogP contribution >= 0.6 is 0 Å². The molecular formula is C49H59N13O4. The molecule has 2 saturated heterocycles. The predicted octanol–water partition coefficient (Wildman–Crippen LogP) is 5.43. The number of hydrogen-bond donors (Lipinski definition) is 3. The van der Waals surface area contributed by atoms with E-state index < -0.39 is 0 Å². The van der Waals surface area contributed by atoms with Crippen LogP contribution in [0.5, 0.6) is 0 Å². The number of aromatic amines is 1. The number of likely N-dealkylation sites (tertiary alicyclic amines) is 2. The highest BCUT2D eigenvalue weighted by molar-refractivity contribution is 6.32. The van der Waals surface area contributed by atoms with Gasteiger partial charge in [-0.15, -0.1) is 0 Å². The molecule has 3 N–H and O–H groups in total. The molecule has 10 rings (SSSR count). The first kappa shape index (κ1) is 44.7. The summed E-state index contributed by atoms with van der Waals surface area (Å²) < 4.78 is 11.9. The Labute approximate surface area is 385 Å². The predicted molar refractivity (Wildman–Crippen MR) is 251 cm³/mol. The Hall–Kier alpha value is -6.46. The quantitative estimate of drug-likeness (QED) is 0.128. The lowest BCUT2D eigenvalue weighted by Crippen LogP contribution is -2.41. The van der Waals surface area contributed by atoms with Crippen molar-refractivity contribution in [1.82, 2.24) is 45.1 Å². The van der Waals surface area contributed by atoms with Gasteiger partial charge < -0.3 is 29.9 Å². The number of ether oxygens (including phenoxy) is 2. The zero-order valence-corrected chi connectivity index (χ0v) is 37.8. The number of benzene rings is 2. The van der Waals surface area contributed by atoms with Gasteiger partial charge in [-0.3, -0.25) is 19.6 Å². The number of aliphatic imine (C=N–C) groups is 2. The monoisotopic (exact) mass is 893 g/mol. The van der Waals surface area contributed by atoms with Crippen molar-refractivity contribution < 1.29 is 19.1 Å². The molecule has 6 heterocycles. The van der Waals surface area contributed by atoms with Crippen molar-refractivity contribution in [2.45, 2.75) is 96.1 Å². The number of amides is 2. The second kappa shape index (κ2) is 21.2. The number of nitrogens with one attached hydrogen (secondary N) is 3. The summed E-state index contributed by atoms with van der Waals surface area (Å²) in [5.74, 6) is 1.99. The van der Waals surface area contributed by atoms with Crippen LogP contribution in [0.15, 0.2) is 89.5 Å². The van der Waals surface area contributed by atoms with E-state index in [4.69, 9.17) is 9.47 Å². The molecule has 2 atom stereocenters. The maximum Gasteiger partial charge on any atom is 0.256 e. The molecule has 2 fully saturated rings. The summed E-state index contributed by atoms with van der Waals surface area (Å²) >= 11 is 0. The number of anilines is 2. The van der Waals surface area contributed by atoms with E-state index in [9.17, 15) is 9.59 Å². The van der Waals surface area contributed by atoms with Crippen molar-refractivity contribution in [2.75, 3.05) is 50.1 Å². The van der Waals surface area contributed by atoms with Crippen LogP contribution in [0.4, 0.5) is 11.9 Å². The average Bonchev–Trinajstić information content (AvgIpc) is 4.21. The Balaban J connectivity index is 0.000000166. The van der Waals surface area contributed by atoms with Gasteiger partial charge in [-0.25, -0.2) is 19.9 Å². The van der Waals surface area contributed by atoms with E-state index in [1.807, 2.05) is 9.80 Å². The lowest BCUT2D eigenvalue weighted by atomic mass is 9.91. The maximum absolute atomic E-state index is 12.9. The number of aromatic nitrogens is 7. The lowest BCUT2D eigenvalue weighted by Gasteiger charge is -2.34. The molecule has 2 aromatic carbocycles. The number of carbonyl (C=O) groups excluding carboxylic acids is 2. The summed E-state index contributed by atoms with van der Waals surface area (Å²) in [5.41, 5.74) is 8.29. The number of H-pyrrole nitrogens is 1. The number of rotatable bonds is 14. The topological polar surface area (TPSA) is 201 Å². The van der Waals surface area contributed by atoms with Crippen molar-refractivity contribution in [2.24, 2.45) is 21.8 Å². The number of carbonyl (C=O) groups is 2. The van der Waals surface area contributed by atoms with Gasteiger partial charge in [-0.2, -0.15) is 15.4 Å². The van der Waals surface area contributed by atoms with Crippen LogP contribution in [0.25, 0.3) is 0 Å². The first-order valence-corrected chi connectivity index (χ1v) is 23.3. The van der Waals surface area contributed by atoms with Gasteiger partial charge >= 0.3 is 0 Å². The van der Waals surface area contributed by atoms with Crippen molar-refractivity contribution in [1.29, 1.82) is 0 Å². The Morgan fingerprint density at radius 2 is 1.09 bits per heavy atom. The molecule has 0 radical (unpaired) electrons. The van der Waals surface area contributed by atoms with E-state index in [1.54, 1.807) is 37.2 Å². The van der Waals surface area contributed by atoms with E-state index >= 15 is 0 Å². The number of nitrogens with zero attached hydrogens (tertiary/aromatic N) is 10. The summed E-state index contributed by atoms with van der Waals surface area (Å²) in [6.07, 6.45) is 17.8. The molecule has 5 aromatic rings. The van der Waals surface area contributed by atoms with Gasteiger partial charge in [0.25, 0.3) is 11.8 Å². The molecule has 344 valence electrons. The van der Waals surface area contributed by atoms with Gasteiger partial charge in [-0.05, 0) is 99.3 Å². The van der Waals surface area contributed by atoms with Crippen molar-refractivity contribution in [3.05, 3.63) is 119 Å². The molecular weight excluding hydrogens is 835 g/mol. The van der Waals surface area contributed by atoms with Gasteiger partial charge in [0.1, 0.15) is 12.4 Å². The SMILES string of the molecule is CC(OCC1=NCN=C1)C1CCN(C(=O)c2cnc(NC3Cc4ccccc4C3)nc2)CC1.CC(OCc1cn[nH]n1)C1CCN(C(=O)c2cnc(NC3Cc4ccccc4C3)nc2)CC1. The summed E-state index contributed by atoms with van der Waals surface area (Å²) in [5, 5.41) is 17.2. The fourth-order valence-corrected chi connectivity index (χ4v) is 9.62. The molecule has 5 aliphatic rings. The van der Waals surface area contributed by atoms with E-state index in [0.29, 0.717) is 73.9 Å². The van der Waals surface area contributed by atoms with Gasteiger partial charge in [0.05, 0.1) is 48.5 Å². The Morgan fingerprint density at radius 3 is 1.48 bits per heavy atom. The van der Waals surface area contributed by atoms with Crippen LogP contribution in [0.1, 0.15) is 88.2 Å². The first-order chi connectivity index (χ1) is 32.3. The van der Waals surface area contributed by atoms with E-state index in [2.05, 4.69) is 118 Å². The fraction of sp³-hybridized carbons (Fsp3) is 0.469. The van der Waals surface area contributed by atoms with Crippen molar-refractivity contribution in [3.63, 3.8) is 0 Å². The number of piperidine rings is 2. The van der Waals surface area contributed by atoms with Crippen molar-refractivity contribution in [3.8, 4) is 0 Å². The molecule has 0 saturated carbocycles. The van der Waals surface area contributed by atoms with E-state index in [1.165, 1.54) is 22.3 Å². The van der Waals surface area contributed by atoms with Gasteiger partial charge in [-0.1, -0.05) is 48.5 Å². The standard InChI is InChI=1S/C25H30N6O2.C24H29N7O2/c1-17(33-15-23-14-26-16-29-23)18-6-8-31(9-7-18)24(32)21-12-27-25(28-13-21)30-22-10-19-4-2-3-5-20(19)11-22;1-16(33-15-22-14-27-30-29-22)17-6-8-31(9-7-17)23(32)20-12-25-24(26-13-20)28-21-10-18-4-2-3-5-19(18)11-21/h2-5,12-14,17-18,22H,6-11,15-16H2,1H3,(H,27,28,30);2-5,12-14,16-17,21H,6-11,15H2,1H3,(H,25,26,28)(H,27,29,30). The van der Waals surface area contributed by atoms with Crippen molar-refractivity contribution >= 4 is 35.6 Å². The Morgan fingerprint density at radius 1 is 0.652 bits per heavy atom. The molecule has 3 aromatic heterocycles. The smallest absolute Gasteiger partial charge is 0.256 e. The molecule has 3 aliphatic heterocycles. The zero-order chi connectivity index (χ0) is 45.2. The normalized spacial score (nSPS) is 18.5. The molecule has 17 nitrogen and oxygen atoms in total. The van der Waals surface area contributed by atoms with Crippen LogP contribution in [0.3, 0.4) is 0 Å². The zero-order valence-electron chi connectivity index (χ0n) is 37.8. The minimum Gasteiger partial charge on any atom is -0.372 e. The minimum absolute atomic E-state index is 0.00151. The first-order valence-electron chi connectivity index (χ1n) is 23.3. The molecule has 2 unspecified atom stereocenters. The van der Waals surface area contributed by atoms with Crippen LogP contribution < -0.4 is 10.6 Å². The Kier molecular flexibility index (Phi) is 14.4. The van der Waals surface area contributed by atoms with Crippen LogP contribution in [-0.2, 0) is 41.8 Å². The largest absolute Gasteiger partial charge is 0.372 e. The number of fused-ring (bicyclic) bond motifs is 2. The summed E-state index contributed by atoms with van der Waals surface area (Å²) in [6, 6.07) is 17.6. The highest BCUT2D eigenvalue weighted by Gasteiger charge is 2.30. The fourth-order valence-electron chi connectivity index (χ4n) is 9.62. The van der Waals surface area contributed by atoms with E-state index in [0.717, 1.165) is 75.9 Å². The van der Waals surface area contributed by atoms with Crippen LogP contribution in [0.2, 0.25) is 0 Å². The summed E-state index contributed by atoms with van der Waals surface area (Å²) in [4.78, 5) is 55.7. The van der Waals surface area contributed by atoms with Crippen LogP contribution in [0, 0.1) is 11.8 Å². The average molecular weight is 894 g/mol. The summed E-state index contributed by atoms with van der Waals surface area (Å²) in [6.45, 7) is 8.53. The second-order valence-corrected chi connectivity index (χ2v) is 18.0. The van der Waals surface area contributed by atoms with E-state index in [-0.39, 0.29) is 30.1 Å². The van der Waals surface area contributed by atoms with Gasteiger partial charge in [0.15, 0.2) is 0 Å². The molecule has 2 amide bonds. The third-order valence-electron chi connectivity index (χ3n) is 13.6. The molecule has 0 spiro atoms. The number of hydrogen-bond acceptors (Lipinski definition) is 14. The van der Waals surface area contributed by atoms with Gasteiger partial charge in [0, 0.05) is 69.3 Å². The third-order valence-corrected chi connectivity index (χ3v) is 13.6. The lowest BCUT2D eigenvalue weighted by molar-refractivity contribution is -0.00778. The molecule has 2 aliphatic carbocycles. The Bertz CT molecular complexity index is 2400.